The van der Waals surface area contributed by atoms with Crippen LogP contribution in [-0.4, -0.2) is 9.78 Å². The Morgan fingerprint density at radius 2 is 2.18 bits per heavy atom. The minimum Gasteiger partial charge on any atom is -0.378 e. The highest BCUT2D eigenvalue weighted by Gasteiger charge is 2.02. The number of halogens is 1. The molecule has 0 unspecified atom stereocenters. The van der Waals surface area contributed by atoms with Crippen LogP contribution in [0.4, 0.5) is 5.69 Å². The molecule has 0 saturated carbocycles. The van der Waals surface area contributed by atoms with Crippen LogP contribution < -0.4 is 5.32 Å². The third-order valence-corrected chi connectivity index (χ3v) is 3.34. The highest BCUT2D eigenvalue weighted by molar-refractivity contribution is 9.10. The summed E-state index contributed by atoms with van der Waals surface area (Å²) in [4.78, 5) is 0. The van der Waals surface area contributed by atoms with Gasteiger partial charge in [0.05, 0.1) is 12.2 Å². The molecule has 4 heteroatoms. The molecule has 0 aliphatic carbocycles. The lowest BCUT2D eigenvalue weighted by molar-refractivity contribution is 0.627. The summed E-state index contributed by atoms with van der Waals surface area (Å²) in [6, 6.07) is 8.34. The number of nitrogens with zero attached hydrogens (tertiary/aromatic N) is 2. The van der Waals surface area contributed by atoms with Gasteiger partial charge in [0.1, 0.15) is 0 Å². The molecule has 1 heterocycles. The van der Waals surface area contributed by atoms with E-state index in [4.69, 9.17) is 0 Å². The number of rotatable bonds is 4. The van der Waals surface area contributed by atoms with Gasteiger partial charge in [-0.2, -0.15) is 5.10 Å². The number of nitrogens with one attached hydrogen (secondary N) is 1. The van der Waals surface area contributed by atoms with Gasteiger partial charge in [0.15, 0.2) is 0 Å². The molecule has 1 N–H and O–H groups in total. The summed E-state index contributed by atoms with van der Waals surface area (Å²) in [5, 5.41) is 7.66. The molecule has 1 aromatic carbocycles. The Bertz CT molecular complexity index is 505. The lowest BCUT2D eigenvalue weighted by atomic mass is 10.2. The average Bonchev–Trinajstić information content (AvgIpc) is 2.75. The van der Waals surface area contributed by atoms with E-state index in [1.165, 1.54) is 11.3 Å². The summed E-state index contributed by atoms with van der Waals surface area (Å²) >= 11 is 3.56. The fourth-order valence-electron chi connectivity index (χ4n) is 1.74. The van der Waals surface area contributed by atoms with E-state index in [0.29, 0.717) is 0 Å². The second-order valence-electron chi connectivity index (χ2n) is 3.98. The highest BCUT2D eigenvalue weighted by Crippen LogP contribution is 2.23. The number of aryl methyl sites for hydroxylation is 2. The minimum atomic E-state index is 0.787. The molecule has 0 amide bonds. The number of hydrogen-bond acceptors (Lipinski definition) is 2. The summed E-state index contributed by atoms with van der Waals surface area (Å²) in [5.74, 6) is 0. The van der Waals surface area contributed by atoms with Crippen molar-refractivity contribution in [1.82, 2.24) is 9.78 Å². The zero-order chi connectivity index (χ0) is 12.3. The van der Waals surface area contributed by atoms with Gasteiger partial charge in [0.25, 0.3) is 0 Å². The summed E-state index contributed by atoms with van der Waals surface area (Å²) < 4.78 is 3.09. The number of aromatic nitrogens is 2. The molecule has 90 valence electrons. The second kappa shape index (κ2) is 5.36. The van der Waals surface area contributed by atoms with E-state index >= 15 is 0 Å². The molecule has 0 bridgehead atoms. The Morgan fingerprint density at radius 3 is 2.88 bits per heavy atom. The van der Waals surface area contributed by atoms with Gasteiger partial charge < -0.3 is 5.32 Å². The first-order valence-electron chi connectivity index (χ1n) is 5.71. The van der Waals surface area contributed by atoms with Gasteiger partial charge in [-0.15, -0.1) is 0 Å². The predicted molar refractivity (Wildman–Crippen MR) is 74.1 cm³/mol. The van der Waals surface area contributed by atoms with Crippen LogP contribution in [-0.2, 0) is 13.1 Å². The molecule has 2 aromatic rings. The van der Waals surface area contributed by atoms with Crippen molar-refractivity contribution < 1.29 is 0 Å². The van der Waals surface area contributed by atoms with E-state index in [1.807, 2.05) is 16.9 Å². The van der Waals surface area contributed by atoms with Crippen LogP contribution in [0, 0.1) is 6.92 Å². The molecule has 0 atom stereocenters. The molecule has 0 fully saturated rings. The van der Waals surface area contributed by atoms with Gasteiger partial charge in [-0.1, -0.05) is 6.07 Å². The third-order valence-electron chi connectivity index (χ3n) is 2.69. The van der Waals surface area contributed by atoms with Crippen LogP contribution in [0.3, 0.4) is 0 Å². The van der Waals surface area contributed by atoms with Crippen molar-refractivity contribution in [2.75, 3.05) is 5.32 Å². The fourth-order valence-corrected chi connectivity index (χ4v) is 2.38. The lowest BCUT2D eigenvalue weighted by Crippen LogP contribution is -2.08. The Morgan fingerprint density at radius 1 is 1.35 bits per heavy atom. The minimum absolute atomic E-state index is 0.787. The monoisotopic (exact) mass is 293 g/mol. The number of hydrogen-bond donors (Lipinski definition) is 1. The van der Waals surface area contributed by atoms with Crippen LogP contribution in [0.25, 0.3) is 0 Å². The molecule has 2 rings (SSSR count). The van der Waals surface area contributed by atoms with Crippen LogP contribution in [0.15, 0.2) is 34.9 Å². The van der Waals surface area contributed by atoms with Crippen LogP contribution >= 0.6 is 15.9 Å². The Labute approximate surface area is 110 Å². The predicted octanol–water partition coefficient (Wildman–Crippen LogP) is 3.59. The zero-order valence-corrected chi connectivity index (χ0v) is 11.7. The highest BCUT2D eigenvalue weighted by atomic mass is 79.9. The topological polar surface area (TPSA) is 29.9 Å². The molecule has 3 nitrogen and oxygen atoms in total. The summed E-state index contributed by atoms with van der Waals surface area (Å²) in [6.45, 7) is 5.87. The van der Waals surface area contributed by atoms with Crippen molar-refractivity contribution in [3.8, 4) is 0 Å². The maximum absolute atomic E-state index is 4.25. The zero-order valence-electron chi connectivity index (χ0n) is 10.1. The van der Waals surface area contributed by atoms with E-state index in [-0.39, 0.29) is 0 Å². The molecule has 0 aliphatic rings. The quantitative estimate of drug-likeness (QED) is 0.934. The van der Waals surface area contributed by atoms with Crippen molar-refractivity contribution in [2.45, 2.75) is 26.9 Å². The molecule has 0 saturated heterocycles. The van der Waals surface area contributed by atoms with Gasteiger partial charge in [0, 0.05) is 22.9 Å². The molecule has 17 heavy (non-hydrogen) atoms. The van der Waals surface area contributed by atoms with Crippen molar-refractivity contribution >= 4 is 21.6 Å². The largest absolute Gasteiger partial charge is 0.378 e. The SMILES string of the molecule is CCn1nccc1CNc1ccc(C)cc1Br. The third kappa shape index (κ3) is 2.88. The van der Waals surface area contributed by atoms with Crippen molar-refractivity contribution in [1.29, 1.82) is 0 Å². The van der Waals surface area contributed by atoms with Crippen LogP contribution in [0.1, 0.15) is 18.2 Å². The van der Waals surface area contributed by atoms with E-state index in [1.54, 1.807) is 0 Å². The average molecular weight is 294 g/mol. The smallest absolute Gasteiger partial charge is 0.0575 e. The second-order valence-corrected chi connectivity index (χ2v) is 4.83. The Balaban J connectivity index is 2.07. The Kier molecular flexibility index (Phi) is 3.84. The standard InChI is InChI=1S/C13H16BrN3/c1-3-17-11(6-7-16-17)9-15-13-5-4-10(2)8-12(13)14/h4-8,15H,3,9H2,1-2H3. The van der Waals surface area contributed by atoms with Crippen molar-refractivity contribution in [3.05, 3.63) is 46.2 Å². The maximum atomic E-state index is 4.25. The van der Waals surface area contributed by atoms with Gasteiger partial charge >= 0.3 is 0 Å². The summed E-state index contributed by atoms with van der Waals surface area (Å²) in [5.41, 5.74) is 3.56. The van der Waals surface area contributed by atoms with Crippen LogP contribution in [0.5, 0.6) is 0 Å². The molecule has 0 aliphatic heterocycles. The van der Waals surface area contributed by atoms with Gasteiger partial charge in [-0.3, -0.25) is 4.68 Å². The normalized spacial score (nSPS) is 10.5. The van der Waals surface area contributed by atoms with E-state index in [0.717, 1.165) is 23.2 Å². The first kappa shape index (κ1) is 12.2. The van der Waals surface area contributed by atoms with E-state index in [9.17, 15) is 0 Å². The Hall–Kier alpha value is -1.29. The molecule has 1 aromatic heterocycles. The first-order valence-corrected chi connectivity index (χ1v) is 6.50. The molecule has 0 spiro atoms. The molecular formula is C13H16BrN3. The summed E-state index contributed by atoms with van der Waals surface area (Å²) in [7, 11) is 0. The van der Waals surface area contributed by atoms with Crippen molar-refractivity contribution in [2.24, 2.45) is 0 Å². The number of anilines is 1. The van der Waals surface area contributed by atoms with Crippen molar-refractivity contribution in [3.63, 3.8) is 0 Å². The van der Waals surface area contributed by atoms with Gasteiger partial charge in [-0.25, -0.2) is 0 Å². The fraction of sp³-hybridized carbons (Fsp3) is 0.308. The molecular weight excluding hydrogens is 278 g/mol. The first-order chi connectivity index (χ1) is 8.20. The number of benzene rings is 1. The van der Waals surface area contributed by atoms with Gasteiger partial charge in [0.2, 0.25) is 0 Å². The van der Waals surface area contributed by atoms with E-state index in [2.05, 4.69) is 58.4 Å². The van der Waals surface area contributed by atoms with E-state index < -0.39 is 0 Å². The maximum Gasteiger partial charge on any atom is 0.0575 e. The molecule has 0 radical (unpaired) electrons. The summed E-state index contributed by atoms with van der Waals surface area (Å²) in [6.07, 6.45) is 1.84. The van der Waals surface area contributed by atoms with Crippen LogP contribution in [0.2, 0.25) is 0 Å². The van der Waals surface area contributed by atoms with Gasteiger partial charge in [-0.05, 0) is 53.5 Å². The lowest BCUT2D eigenvalue weighted by Gasteiger charge is -2.10.